The fourth-order valence-electron chi connectivity index (χ4n) is 0.950. The molecule has 13 heavy (non-hydrogen) atoms. The fraction of sp³-hybridized carbons (Fsp3) is 0.333. The van der Waals surface area contributed by atoms with E-state index >= 15 is 0 Å². The summed E-state index contributed by atoms with van der Waals surface area (Å²) in [6.07, 6.45) is 2.61. The third kappa shape index (κ3) is 3.55. The van der Waals surface area contributed by atoms with Gasteiger partial charge >= 0.3 is 0 Å². The Labute approximate surface area is 77.9 Å². The highest BCUT2D eigenvalue weighted by Crippen LogP contribution is 1.92. The van der Waals surface area contributed by atoms with Gasteiger partial charge in [0, 0.05) is 31.9 Å². The van der Waals surface area contributed by atoms with Gasteiger partial charge in [-0.1, -0.05) is 6.07 Å². The van der Waals surface area contributed by atoms with Gasteiger partial charge in [-0.05, 0) is 12.1 Å². The van der Waals surface area contributed by atoms with E-state index in [-0.39, 0.29) is 0 Å². The van der Waals surface area contributed by atoms with Gasteiger partial charge in [0.25, 0.3) is 0 Å². The van der Waals surface area contributed by atoms with Crippen molar-refractivity contribution in [3.8, 4) is 0 Å². The lowest BCUT2D eigenvalue weighted by molar-refractivity contribution is 0.813. The largest absolute Gasteiger partial charge is 0.360 e. The summed E-state index contributed by atoms with van der Waals surface area (Å²) < 4.78 is 0. The third-order valence-corrected chi connectivity index (χ3v) is 1.66. The van der Waals surface area contributed by atoms with Crippen LogP contribution in [0.1, 0.15) is 5.69 Å². The van der Waals surface area contributed by atoms with Crippen molar-refractivity contribution in [3.63, 3.8) is 0 Å². The molecule has 0 spiro atoms. The van der Waals surface area contributed by atoms with Crippen LogP contribution in [0.2, 0.25) is 0 Å². The molecule has 70 valence electrons. The Bertz CT molecular complexity index is 258. The highest BCUT2D eigenvalue weighted by Gasteiger charge is 1.93. The molecule has 0 radical (unpaired) electrons. The van der Waals surface area contributed by atoms with Crippen LogP contribution in [0.25, 0.3) is 0 Å². The number of guanidine groups is 1. The molecule has 3 N–H and O–H groups in total. The molecule has 0 saturated carbocycles. The molecule has 0 aliphatic carbocycles. The number of hydrogen-bond donors (Lipinski definition) is 3. The van der Waals surface area contributed by atoms with Crippen LogP contribution in [0.4, 0.5) is 0 Å². The van der Waals surface area contributed by atoms with Gasteiger partial charge in [0.15, 0.2) is 5.96 Å². The Kier molecular flexibility index (Phi) is 3.75. The van der Waals surface area contributed by atoms with Gasteiger partial charge in [-0.3, -0.25) is 10.4 Å². The molecule has 1 aromatic heterocycles. The summed E-state index contributed by atoms with van der Waals surface area (Å²) in [5.41, 5.74) is 1.04. The summed E-state index contributed by atoms with van der Waals surface area (Å²) in [5, 5.41) is 12.9. The van der Waals surface area contributed by atoms with E-state index in [0.29, 0.717) is 5.96 Å². The van der Waals surface area contributed by atoms with Crippen molar-refractivity contribution in [2.24, 2.45) is 0 Å². The minimum absolute atomic E-state index is 0.343. The van der Waals surface area contributed by atoms with Crippen molar-refractivity contribution in [2.75, 3.05) is 13.6 Å². The average Bonchev–Trinajstić information content (AvgIpc) is 2.19. The molecule has 1 aromatic rings. The topological polar surface area (TPSA) is 60.8 Å². The van der Waals surface area contributed by atoms with E-state index in [0.717, 1.165) is 18.7 Å². The van der Waals surface area contributed by atoms with Crippen LogP contribution in [0, 0.1) is 5.41 Å². The number of nitrogens with one attached hydrogen (secondary N) is 3. The van der Waals surface area contributed by atoms with Crippen LogP contribution in [-0.4, -0.2) is 24.5 Å². The Balaban J connectivity index is 2.24. The van der Waals surface area contributed by atoms with E-state index in [1.807, 2.05) is 18.2 Å². The molecule has 0 fully saturated rings. The fourth-order valence-corrected chi connectivity index (χ4v) is 0.950. The van der Waals surface area contributed by atoms with Gasteiger partial charge in [0.2, 0.25) is 0 Å². The molecule has 0 aromatic carbocycles. The summed E-state index contributed by atoms with van der Waals surface area (Å²) in [7, 11) is 1.72. The van der Waals surface area contributed by atoms with Crippen LogP contribution < -0.4 is 10.6 Å². The number of rotatable bonds is 3. The van der Waals surface area contributed by atoms with E-state index in [9.17, 15) is 0 Å². The molecule has 0 atom stereocenters. The molecule has 0 bridgehead atoms. The second kappa shape index (κ2) is 5.13. The quantitative estimate of drug-likeness (QED) is 0.463. The van der Waals surface area contributed by atoms with Gasteiger partial charge in [-0.25, -0.2) is 0 Å². The molecular weight excluding hydrogens is 164 g/mol. The maximum atomic E-state index is 7.26. The van der Waals surface area contributed by atoms with Crippen molar-refractivity contribution in [1.82, 2.24) is 15.6 Å². The summed E-state index contributed by atoms with van der Waals surface area (Å²) in [6, 6.07) is 5.84. The number of hydrogen-bond acceptors (Lipinski definition) is 2. The summed E-state index contributed by atoms with van der Waals surface area (Å²) in [6.45, 7) is 0.733. The first-order chi connectivity index (χ1) is 6.33. The standard InChI is InChI=1S/C9H14N4/c1-11-9(10)13-7-5-8-4-2-3-6-12-8/h2-4,6H,5,7H2,1H3,(H3,10,11,13). The second-order valence-corrected chi connectivity index (χ2v) is 2.62. The zero-order valence-electron chi connectivity index (χ0n) is 7.67. The van der Waals surface area contributed by atoms with Gasteiger partial charge in [0.1, 0.15) is 0 Å². The lowest BCUT2D eigenvalue weighted by Gasteiger charge is -2.05. The Morgan fingerprint density at radius 3 is 3.00 bits per heavy atom. The average molecular weight is 178 g/mol. The number of nitrogens with zero attached hydrogens (tertiary/aromatic N) is 1. The van der Waals surface area contributed by atoms with E-state index < -0.39 is 0 Å². The molecule has 0 amide bonds. The zero-order valence-corrected chi connectivity index (χ0v) is 7.67. The molecule has 4 nitrogen and oxygen atoms in total. The smallest absolute Gasteiger partial charge is 0.188 e. The lowest BCUT2D eigenvalue weighted by Crippen LogP contribution is -2.34. The zero-order chi connectivity index (χ0) is 9.52. The highest BCUT2D eigenvalue weighted by molar-refractivity contribution is 5.75. The van der Waals surface area contributed by atoms with Crippen molar-refractivity contribution in [2.45, 2.75) is 6.42 Å². The molecule has 1 rings (SSSR count). The first-order valence-electron chi connectivity index (χ1n) is 4.23. The predicted molar refractivity (Wildman–Crippen MR) is 52.7 cm³/mol. The number of pyridine rings is 1. The van der Waals surface area contributed by atoms with Gasteiger partial charge < -0.3 is 10.6 Å². The molecule has 0 aliphatic heterocycles. The van der Waals surface area contributed by atoms with Crippen LogP contribution >= 0.6 is 0 Å². The van der Waals surface area contributed by atoms with Crippen LogP contribution in [0.3, 0.4) is 0 Å². The monoisotopic (exact) mass is 178 g/mol. The Morgan fingerprint density at radius 2 is 2.38 bits per heavy atom. The third-order valence-electron chi connectivity index (χ3n) is 1.66. The maximum Gasteiger partial charge on any atom is 0.188 e. The van der Waals surface area contributed by atoms with E-state index in [2.05, 4.69) is 15.6 Å². The summed E-state index contributed by atoms with van der Waals surface area (Å²) in [5.74, 6) is 0.343. The van der Waals surface area contributed by atoms with Crippen molar-refractivity contribution in [1.29, 1.82) is 5.41 Å². The molecule has 1 heterocycles. The van der Waals surface area contributed by atoms with Crippen LogP contribution in [-0.2, 0) is 6.42 Å². The van der Waals surface area contributed by atoms with Crippen molar-refractivity contribution < 1.29 is 0 Å². The summed E-state index contributed by atoms with van der Waals surface area (Å²) >= 11 is 0. The second-order valence-electron chi connectivity index (χ2n) is 2.62. The van der Waals surface area contributed by atoms with Crippen LogP contribution in [0.5, 0.6) is 0 Å². The first kappa shape index (κ1) is 9.51. The van der Waals surface area contributed by atoms with E-state index in [4.69, 9.17) is 5.41 Å². The Hall–Kier alpha value is -1.58. The van der Waals surface area contributed by atoms with Crippen molar-refractivity contribution in [3.05, 3.63) is 30.1 Å². The molecule has 0 aliphatic rings. The lowest BCUT2D eigenvalue weighted by atomic mass is 10.3. The highest BCUT2D eigenvalue weighted by atomic mass is 15.1. The number of aromatic nitrogens is 1. The Morgan fingerprint density at radius 1 is 1.54 bits per heavy atom. The van der Waals surface area contributed by atoms with Gasteiger partial charge in [-0.15, -0.1) is 0 Å². The normalized spacial score (nSPS) is 9.31. The molecule has 0 unspecified atom stereocenters. The summed E-state index contributed by atoms with van der Waals surface area (Å²) in [4.78, 5) is 4.17. The predicted octanol–water partition coefficient (Wildman–Crippen LogP) is 0.368. The molecule has 0 saturated heterocycles. The van der Waals surface area contributed by atoms with Gasteiger partial charge in [0.05, 0.1) is 0 Å². The first-order valence-corrected chi connectivity index (χ1v) is 4.23. The minimum atomic E-state index is 0.343. The molecular formula is C9H14N4. The minimum Gasteiger partial charge on any atom is -0.360 e. The SMILES string of the molecule is CNC(=N)NCCc1ccccn1. The van der Waals surface area contributed by atoms with Gasteiger partial charge in [-0.2, -0.15) is 0 Å². The van der Waals surface area contributed by atoms with E-state index in [1.165, 1.54) is 0 Å². The maximum absolute atomic E-state index is 7.26. The van der Waals surface area contributed by atoms with E-state index in [1.54, 1.807) is 13.2 Å². The molecule has 4 heteroatoms. The van der Waals surface area contributed by atoms with Crippen molar-refractivity contribution >= 4 is 5.96 Å². The van der Waals surface area contributed by atoms with Crippen LogP contribution in [0.15, 0.2) is 24.4 Å².